The van der Waals surface area contributed by atoms with Gasteiger partial charge in [-0.05, 0) is 36.5 Å². The molecule has 0 spiro atoms. The largest absolute Gasteiger partial charge is 0.193 e. The van der Waals surface area contributed by atoms with Gasteiger partial charge in [0.05, 0.1) is 5.69 Å². The van der Waals surface area contributed by atoms with E-state index in [0.29, 0.717) is 5.41 Å². The molecule has 0 saturated heterocycles. The zero-order chi connectivity index (χ0) is 13.4. The van der Waals surface area contributed by atoms with E-state index >= 15 is 0 Å². The number of aromatic nitrogens is 1. The van der Waals surface area contributed by atoms with Crippen LogP contribution in [0.15, 0.2) is 12.6 Å². The second-order valence-corrected chi connectivity index (χ2v) is 6.25. The van der Waals surface area contributed by atoms with Crippen molar-refractivity contribution in [3.63, 3.8) is 0 Å². The van der Waals surface area contributed by atoms with Gasteiger partial charge in [-0.2, -0.15) is 4.37 Å². The van der Waals surface area contributed by atoms with Crippen molar-refractivity contribution in [1.82, 2.24) is 4.37 Å². The first kappa shape index (κ1) is 15.4. The predicted octanol–water partition coefficient (Wildman–Crippen LogP) is 5.81. The van der Waals surface area contributed by atoms with Crippen LogP contribution in [0.25, 0.3) is 6.08 Å². The van der Waals surface area contributed by atoms with Gasteiger partial charge >= 0.3 is 0 Å². The molecule has 1 aromatic heterocycles. The van der Waals surface area contributed by atoms with Gasteiger partial charge in [0.1, 0.15) is 0 Å². The first-order chi connectivity index (χ1) is 8.66. The SMILES string of the molecule is C=Cc1cc(C(C)(CCC)CCCCCC)sn1. The number of hydrogen-bond donors (Lipinski definition) is 0. The Bertz CT molecular complexity index is 356. The smallest absolute Gasteiger partial charge is 0.0765 e. The van der Waals surface area contributed by atoms with Gasteiger partial charge in [-0.1, -0.05) is 59.5 Å². The summed E-state index contributed by atoms with van der Waals surface area (Å²) in [6, 6.07) is 2.23. The molecule has 1 unspecified atom stereocenters. The molecule has 1 heterocycles. The van der Waals surface area contributed by atoms with Gasteiger partial charge in [-0.15, -0.1) is 0 Å². The fraction of sp³-hybridized carbons (Fsp3) is 0.688. The molecule has 0 bridgehead atoms. The Morgan fingerprint density at radius 1 is 1.22 bits per heavy atom. The third-order valence-corrected chi connectivity index (χ3v) is 4.83. The van der Waals surface area contributed by atoms with Crippen molar-refractivity contribution in [2.75, 3.05) is 0 Å². The van der Waals surface area contributed by atoms with Gasteiger partial charge in [0, 0.05) is 10.3 Å². The molecular formula is C16H27NS. The first-order valence-electron chi connectivity index (χ1n) is 7.26. The maximum absolute atomic E-state index is 4.45. The number of hydrogen-bond acceptors (Lipinski definition) is 2. The van der Waals surface area contributed by atoms with Crippen molar-refractivity contribution >= 4 is 17.6 Å². The zero-order valence-corrected chi connectivity index (χ0v) is 13.0. The van der Waals surface area contributed by atoms with Crippen molar-refractivity contribution in [2.24, 2.45) is 0 Å². The summed E-state index contributed by atoms with van der Waals surface area (Å²) in [4.78, 5) is 1.44. The molecule has 0 saturated carbocycles. The molecule has 0 aromatic carbocycles. The van der Waals surface area contributed by atoms with Crippen LogP contribution in [0, 0.1) is 0 Å². The van der Waals surface area contributed by atoms with Crippen molar-refractivity contribution in [2.45, 2.75) is 71.1 Å². The Labute approximate surface area is 116 Å². The maximum Gasteiger partial charge on any atom is 0.0765 e. The standard InChI is InChI=1S/C16H27NS/c1-5-8-9-10-12-16(4,11-6-2)15-13-14(7-3)17-18-15/h7,13H,3,5-6,8-12H2,1-2,4H3. The molecule has 102 valence electrons. The van der Waals surface area contributed by atoms with Crippen LogP contribution >= 0.6 is 11.5 Å². The van der Waals surface area contributed by atoms with E-state index in [4.69, 9.17) is 0 Å². The molecule has 1 aromatic rings. The van der Waals surface area contributed by atoms with Crippen molar-refractivity contribution in [3.8, 4) is 0 Å². The lowest BCUT2D eigenvalue weighted by Crippen LogP contribution is -2.20. The second-order valence-electron chi connectivity index (χ2n) is 5.44. The van der Waals surface area contributed by atoms with Crippen molar-refractivity contribution < 1.29 is 0 Å². The van der Waals surface area contributed by atoms with Crippen molar-refractivity contribution in [1.29, 1.82) is 0 Å². The molecule has 1 nitrogen and oxygen atoms in total. The van der Waals surface area contributed by atoms with E-state index in [0.717, 1.165) is 5.69 Å². The van der Waals surface area contributed by atoms with E-state index in [1.165, 1.54) is 49.8 Å². The van der Waals surface area contributed by atoms with Crippen LogP contribution in [0.5, 0.6) is 0 Å². The molecule has 1 atom stereocenters. The van der Waals surface area contributed by atoms with Gasteiger partial charge in [0.15, 0.2) is 0 Å². The van der Waals surface area contributed by atoms with Crippen LogP contribution in [-0.2, 0) is 5.41 Å². The molecule has 0 fully saturated rings. The molecule has 18 heavy (non-hydrogen) atoms. The summed E-state index contributed by atoms with van der Waals surface area (Å²) in [6.45, 7) is 10.8. The number of rotatable bonds is 9. The zero-order valence-electron chi connectivity index (χ0n) is 12.2. The van der Waals surface area contributed by atoms with Crippen LogP contribution < -0.4 is 0 Å². The average Bonchev–Trinajstić information content (AvgIpc) is 2.84. The average molecular weight is 265 g/mol. The van der Waals surface area contributed by atoms with E-state index in [9.17, 15) is 0 Å². The highest BCUT2D eigenvalue weighted by Gasteiger charge is 2.27. The van der Waals surface area contributed by atoms with E-state index in [1.807, 2.05) is 6.08 Å². The summed E-state index contributed by atoms with van der Waals surface area (Å²) in [5.74, 6) is 0. The topological polar surface area (TPSA) is 12.9 Å². The minimum absolute atomic E-state index is 0.321. The lowest BCUT2D eigenvalue weighted by Gasteiger charge is -2.27. The van der Waals surface area contributed by atoms with Crippen molar-refractivity contribution in [3.05, 3.63) is 23.2 Å². The Kier molecular flexibility index (Phi) is 6.62. The Hall–Kier alpha value is -0.630. The summed E-state index contributed by atoms with van der Waals surface area (Å²) >= 11 is 1.66. The highest BCUT2D eigenvalue weighted by molar-refractivity contribution is 7.06. The molecule has 0 N–H and O–H groups in total. The van der Waals surface area contributed by atoms with Crippen LogP contribution in [0.1, 0.15) is 76.3 Å². The summed E-state index contributed by atoms with van der Waals surface area (Å²) in [7, 11) is 0. The Morgan fingerprint density at radius 2 is 2.00 bits per heavy atom. The molecular weight excluding hydrogens is 238 g/mol. The number of nitrogens with zero attached hydrogens (tertiary/aromatic N) is 1. The third-order valence-electron chi connectivity index (χ3n) is 3.72. The maximum atomic E-state index is 4.45. The van der Waals surface area contributed by atoms with E-state index in [2.05, 4.69) is 37.8 Å². The summed E-state index contributed by atoms with van der Waals surface area (Å²) < 4.78 is 4.45. The van der Waals surface area contributed by atoms with E-state index < -0.39 is 0 Å². The second kappa shape index (κ2) is 7.73. The summed E-state index contributed by atoms with van der Waals surface area (Å²) in [5.41, 5.74) is 1.35. The van der Waals surface area contributed by atoms with Gasteiger partial charge in [0.25, 0.3) is 0 Å². The Balaban J connectivity index is 2.68. The molecule has 0 amide bonds. The van der Waals surface area contributed by atoms with Crippen LogP contribution in [0.3, 0.4) is 0 Å². The molecule has 2 heteroatoms. The van der Waals surface area contributed by atoms with Crippen LogP contribution in [0.4, 0.5) is 0 Å². The third kappa shape index (κ3) is 4.24. The number of unbranched alkanes of at least 4 members (excludes halogenated alkanes) is 3. The Morgan fingerprint density at radius 3 is 2.56 bits per heavy atom. The molecule has 0 radical (unpaired) electrons. The highest BCUT2D eigenvalue weighted by Crippen LogP contribution is 2.37. The monoisotopic (exact) mass is 265 g/mol. The fourth-order valence-corrected chi connectivity index (χ4v) is 3.46. The predicted molar refractivity (Wildman–Crippen MR) is 83.2 cm³/mol. The van der Waals surface area contributed by atoms with Gasteiger partial charge < -0.3 is 0 Å². The molecule has 1 rings (SSSR count). The molecule has 0 aliphatic heterocycles. The minimum atomic E-state index is 0.321. The van der Waals surface area contributed by atoms with Crippen LogP contribution in [0.2, 0.25) is 0 Å². The summed E-state index contributed by atoms with van der Waals surface area (Å²) in [6.07, 6.45) is 11.0. The van der Waals surface area contributed by atoms with Gasteiger partial charge in [-0.25, -0.2) is 0 Å². The fourth-order valence-electron chi connectivity index (χ4n) is 2.53. The van der Waals surface area contributed by atoms with Gasteiger partial charge in [-0.3, -0.25) is 0 Å². The highest BCUT2D eigenvalue weighted by atomic mass is 32.1. The normalized spacial score (nSPS) is 14.4. The first-order valence-corrected chi connectivity index (χ1v) is 8.03. The van der Waals surface area contributed by atoms with E-state index in [-0.39, 0.29) is 0 Å². The van der Waals surface area contributed by atoms with Crippen LogP contribution in [-0.4, -0.2) is 4.37 Å². The molecule has 0 aliphatic carbocycles. The van der Waals surface area contributed by atoms with E-state index in [1.54, 1.807) is 11.5 Å². The quantitative estimate of drug-likeness (QED) is 0.513. The van der Waals surface area contributed by atoms with Gasteiger partial charge in [0.2, 0.25) is 0 Å². The molecule has 0 aliphatic rings. The summed E-state index contributed by atoms with van der Waals surface area (Å²) in [5, 5.41) is 0. The lowest BCUT2D eigenvalue weighted by atomic mass is 9.79. The minimum Gasteiger partial charge on any atom is -0.193 e. The lowest BCUT2D eigenvalue weighted by molar-refractivity contribution is 0.383.